The fourth-order valence-corrected chi connectivity index (χ4v) is 2.84. The minimum atomic E-state index is 0.922. The maximum absolute atomic E-state index is 4.35. The normalized spacial score (nSPS) is 16.2. The molecule has 1 aliphatic rings. The van der Waals surface area contributed by atoms with Gasteiger partial charge in [0.05, 0.1) is 5.52 Å². The minimum Gasteiger partial charge on any atom is -0.369 e. The summed E-state index contributed by atoms with van der Waals surface area (Å²) in [5, 5.41) is 4.58. The zero-order chi connectivity index (χ0) is 12.2. The van der Waals surface area contributed by atoms with E-state index in [9.17, 15) is 0 Å². The average molecular weight is 241 g/mol. The summed E-state index contributed by atoms with van der Waals surface area (Å²) in [7, 11) is 0. The topological polar surface area (TPSA) is 37.8 Å². The van der Waals surface area contributed by atoms with Crippen molar-refractivity contribution in [1.82, 2.24) is 9.97 Å². The summed E-state index contributed by atoms with van der Waals surface area (Å²) in [4.78, 5) is 8.63. The lowest BCUT2D eigenvalue weighted by Gasteiger charge is -2.11. The molecule has 1 aliphatic carbocycles. The first-order valence-electron chi connectivity index (χ1n) is 6.87. The van der Waals surface area contributed by atoms with E-state index in [1.54, 1.807) is 6.33 Å². The van der Waals surface area contributed by atoms with E-state index in [1.807, 2.05) is 18.2 Å². The van der Waals surface area contributed by atoms with E-state index in [0.717, 1.165) is 29.2 Å². The van der Waals surface area contributed by atoms with Crippen molar-refractivity contribution in [2.45, 2.75) is 32.1 Å². The van der Waals surface area contributed by atoms with Crippen molar-refractivity contribution in [3.63, 3.8) is 0 Å². The molecule has 0 bridgehead atoms. The molecule has 1 N–H and O–H groups in total. The maximum atomic E-state index is 4.35. The number of hydrogen-bond acceptors (Lipinski definition) is 3. The summed E-state index contributed by atoms with van der Waals surface area (Å²) in [6, 6.07) is 8.15. The summed E-state index contributed by atoms with van der Waals surface area (Å²) in [6.07, 6.45) is 8.55. The molecular weight excluding hydrogens is 222 g/mol. The first-order chi connectivity index (χ1) is 8.93. The van der Waals surface area contributed by atoms with E-state index < -0.39 is 0 Å². The number of aromatic nitrogens is 2. The fourth-order valence-electron chi connectivity index (χ4n) is 2.84. The van der Waals surface area contributed by atoms with Gasteiger partial charge < -0.3 is 5.32 Å². The summed E-state index contributed by atoms with van der Waals surface area (Å²) in [6.45, 7) is 1.02. The average Bonchev–Trinajstić information content (AvgIpc) is 2.92. The Kier molecular flexibility index (Phi) is 3.40. The van der Waals surface area contributed by atoms with Gasteiger partial charge in [-0.2, -0.15) is 0 Å². The van der Waals surface area contributed by atoms with Crippen LogP contribution in [-0.2, 0) is 0 Å². The molecule has 94 valence electrons. The quantitative estimate of drug-likeness (QED) is 0.888. The SMILES string of the molecule is c1ccc2c(NCCC3CCCC3)ncnc2c1. The molecule has 1 aromatic heterocycles. The lowest BCUT2D eigenvalue weighted by molar-refractivity contribution is 0.518. The van der Waals surface area contributed by atoms with Gasteiger partial charge in [-0.15, -0.1) is 0 Å². The van der Waals surface area contributed by atoms with Gasteiger partial charge in [0, 0.05) is 11.9 Å². The van der Waals surface area contributed by atoms with Crippen LogP contribution in [0.2, 0.25) is 0 Å². The highest BCUT2D eigenvalue weighted by Gasteiger charge is 2.14. The molecule has 0 aliphatic heterocycles. The van der Waals surface area contributed by atoms with Gasteiger partial charge in [-0.3, -0.25) is 0 Å². The minimum absolute atomic E-state index is 0.922. The first-order valence-corrected chi connectivity index (χ1v) is 6.87. The van der Waals surface area contributed by atoms with Crippen molar-refractivity contribution in [3.05, 3.63) is 30.6 Å². The Morgan fingerprint density at radius 1 is 1.11 bits per heavy atom. The molecule has 3 nitrogen and oxygen atoms in total. The van der Waals surface area contributed by atoms with E-state index in [2.05, 4.69) is 21.4 Å². The van der Waals surface area contributed by atoms with Crippen LogP contribution in [0.5, 0.6) is 0 Å². The highest BCUT2D eigenvalue weighted by atomic mass is 15.0. The number of fused-ring (bicyclic) bond motifs is 1. The third kappa shape index (κ3) is 2.45. The predicted molar refractivity (Wildman–Crippen MR) is 74.6 cm³/mol. The van der Waals surface area contributed by atoms with Crippen LogP contribution in [-0.4, -0.2) is 16.5 Å². The predicted octanol–water partition coefficient (Wildman–Crippen LogP) is 3.62. The Balaban J connectivity index is 1.66. The molecular formula is C15H19N3. The summed E-state index contributed by atoms with van der Waals surface area (Å²) in [5.41, 5.74) is 1.01. The standard InChI is InChI=1S/C15H19N3/c1-2-6-12(5-1)9-10-16-15-13-7-3-4-8-14(13)17-11-18-15/h3-4,7-8,11-12H,1-2,5-6,9-10H2,(H,16,17,18). The maximum Gasteiger partial charge on any atom is 0.137 e. The highest BCUT2D eigenvalue weighted by Crippen LogP contribution is 2.27. The van der Waals surface area contributed by atoms with Crippen molar-refractivity contribution in [2.24, 2.45) is 5.92 Å². The van der Waals surface area contributed by atoms with Crippen molar-refractivity contribution in [1.29, 1.82) is 0 Å². The molecule has 18 heavy (non-hydrogen) atoms. The van der Waals surface area contributed by atoms with Crippen LogP contribution in [0.1, 0.15) is 32.1 Å². The van der Waals surface area contributed by atoms with Gasteiger partial charge in [0.25, 0.3) is 0 Å². The van der Waals surface area contributed by atoms with Gasteiger partial charge in [0.2, 0.25) is 0 Å². The Bertz CT molecular complexity index is 513. The molecule has 0 amide bonds. The molecule has 0 radical (unpaired) electrons. The number of benzene rings is 1. The van der Waals surface area contributed by atoms with Crippen LogP contribution in [0.25, 0.3) is 10.9 Å². The lowest BCUT2D eigenvalue weighted by Crippen LogP contribution is -2.08. The van der Waals surface area contributed by atoms with E-state index >= 15 is 0 Å². The number of nitrogens with zero attached hydrogens (tertiary/aromatic N) is 2. The van der Waals surface area contributed by atoms with Crippen LogP contribution >= 0.6 is 0 Å². The third-order valence-electron chi connectivity index (χ3n) is 3.86. The van der Waals surface area contributed by atoms with Gasteiger partial charge in [0.15, 0.2) is 0 Å². The number of hydrogen-bond donors (Lipinski definition) is 1. The monoisotopic (exact) mass is 241 g/mol. The Labute approximate surface area is 108 Å². The fraction of sp³-hybridized carbons (Fsp3) is 0.467. The van der Waals surface area contributed by atoms with Crippen molar-refractivity contribution in [3.8, 4) is 0 Å². The number of rotatable bonds is 4. The van der Waals surface area contributed by atoms with Gasteiger partial charge in [-0.05, 0) is 24.5 Å². The zero-order valence-corrected chi connectivity index (χ0v) is 10.6. The number of para-hydroxylation sites is 1. The Morgan fingerprint density at radius 3 is 2.83 bits per heavy atom. The lowest BCUT2D eigenvalue weighted by atomic mass is 10.0. The van der Waals surface area contributed by atoms with Gasteiger partial charge >= 0.3 is 0 Å². The molecule has 2 aromatic rings. The third-order valence-corrected chi connectivity index (χ3v) is 3.86. The number of anilines is 1. The van der Waals surface area contributed by atoms with Crippen molar-refractivity contribution in [2.75, 3.05) is 11.9 Å². The zero-order valence-electron chi connectivity index (χ0n) is 10.6. The second kappa shape index (κ2) is 5.34. The van der Waals surface area contributed by atoms with Crippen LogP contribution < -0.4 is 5.32 Å². The molecule has 1 aromatic carbocycles. The van der Waals surface area contributed by atoms with Crippen LogP contribution in [0.15, 0.2) is 30.6 Å². The van der Waals surface area contributed by atoms with Gasteiger partial charge in [0.1, 0.15) is 12.1 Å². The van der Waals surface area contributed by atoms with Crippen molar-refractivity contribution >= 4 is 16.7 Å². The molecule has 1 fully saturated rings. The van der Waals surface area contributed by atoms with E-state index in [-0.39, 0.29) is 0 Å². The molecule has 1 saturated carbocycles. The van der Waals surface area contributed by atoms with E-state index in [0.29, 0.717) is 0 Å². The summed E-state index contributed by atoms with van der Waals surface area (Å²) in [5.74, 6) is 1.89. The molecule has 0 spiro atoms. The van der Waals surface area contributed by atoms with E-state index in [1.165, 1.54) is 32.1 Å². The second-order valence-corrected chi connectivity index (χ2v) is 5.11. The molecule has 0 unspecified atom stereocenters. The first kappa shape index (κ1) is 11.5. The highest BCUT2D eigenvalue weighted by molar-refractivity contribution is 5.88. The van der Waals surface area contributed by atoms with Crippen LogP contribution in [0, 0.1) is 5.92 Å². The van der Waals surface area contributed by atoms with Crippen LogP contribution in [0.3, 0.4) is 0 Å². The summed E-state index contributed by atoms with van der Waals surface area (Å²) >= 11 is 0. The Hall–Kier alpha value is -1.64. The molecule has 3 rings (SSSR count). The van der Waals surface area contributed by atoms with Crippen molar-refractivity contribution < 1.29 is 0 Å². The number of nitrogens with one attached hydrogen (secondary N) is 1. The Morgan fingerprint density at radius 2 is 1.94 bits per heavy atom. The smallest absolute Gasteiger partial charge is 0.137 e. The molecule has 1 heterocycles. The van der Waals surface area contributed by atoms with Gasteiger partial charge in [-0.25, -0.2) is 9.97 Å². The summed E-state index contributed by atoms with van der Waals surface area (Å²) < 4.78 is 0. The largest absolute Gasteiger partial charge is 0.369 e. The van der Waals surface area contributed by atoms with E-state index in [4.69, 9.17) is 0 Å². The second-order valence-electron chi connectivity index (χ2n) is 5.11. The molecule has 3 heteroatoms. The molecule has 0 saturated heterocycles. The molecule has 0 atom stereocenters. The van der Waals surface area contributed by atoms with Crippen LogP contribution in [0.4, 0.5) is 5.82 Å². The van der Waals surface area contributed by atoms with Gasteiger partial charge in [-0.1, -0.05) is 37.8 Å².